The Morgan fingerprint density at radius 3 is 2.55 bits per heavy atom. The van der Waals surface area contributed by atoms with E-state index in [2.05, 4.69) is 0 Å². The molecule has 0 bridgehead atoms. The number of aromatic carboxylic acids is 1. The van der Waals surface area contributed by atoms with Crippen molar-refractivity contribution in [1.82, 2.24) is 4.72 Å². The summed E-state index contributed by atoms with van der Waals surface area (Å²) in [5, 5.41) is 17.6. The van der Waals surface area contributed by atoms with Crippen LogP contribution in [0.2, 0.25) is 0 Å². The molecule has 112 valence electrons. The highest BCUT2D eigenvalue weighted by molar-refractivity contribution is 7.88. The van der Waals surface area contributed by atoms with Gasteiger partial charge < -0.3 is 10.2 Å². The number of carboxylic acid groups (broad SMARTS) is 1. The summed E-state index contributed by atoms with van der Waals surface area (Å²) in [6.45, 7) is -0.807. The number of aliphatic hydroxyl groups is 1. The number of rotatable bonds is 7. The fourth-order valence-electron chi connectivity index (χ4n) is 1.37. The highest BCUT2D eigenvalue weighted by atomic mass is 32.2. The van der Waals surface area contributed by atoms with Crippen molar-refractivity contribution in [2.45, 2.75) is 18.3 Å². The number of nitrogens with one attached hydrogen (secondary N) is 1. The lowest BCUT2D eigenvalue weighted by Crippen LogP contribution is -2.36. The molecule has 0 spiro atoms. The van der Waals surface area contributed by atoms with Gasteiger partial charge in [-0.3, -0.25) is 0 Å². The summed E-state index contributed by atoms with van der Waals surface area (Å²) in [4.78, 5) is 10.7. The van der Waals surface area contributed by atoms with Crippen LogP contribution >= 0.6 is 0 Å². The van der Waals surface area contributed by atoms with Gasteiger partial charge in [0.25, 0.3) is 6.43 Å². The van der Waals surface area contributed by atoms with Crippen LogP contribution in [-0.2, 0) is 15.8 Å². The minimum absolute atomic E-state index is 0.0784. The van der Waals surface area contributed by atoms with Crippen LogP contribution in [0.4, 0.5) is 8.78 Å². The van der Waals surface area contributed by atoms with Gasteiger partial charge in [0.15, 0.2) is 0 Å². The lowest BCUT2D eigenvalue weighted by molar-refractivity contribution is -0.000456. The Balaban J connectivity index is 2.71. The Kier molecular flexibility index (Phi) is 5.54. The van der Waals surface area contributed by atoms with E-state index in [9.17, 15) is 22.0 Å². The standard InChI is InChI=1S/C11H13F2NO5S/c12-10(13)9(15)5-14-20(18,19)6-7-2-1-3-8(4-7)11(16)17/h1-4,9-10,14-15H,5-6H2,(H,16,17). The number of hydrogen-bond acceptors (Lipinski definition) is 4. The second-order valence-electron chi connectivity index (χ2n) is 4.01. The molecule has 0 amide bonds. The minimum Gasteiger partial charge on any atom is -0.478 e. The van der Waals surface area contributed by atoms with Gasteiger partial charge >= 0.3 is 5.97 Å². The van der Waals surface area contributed by atoms with Gasteiger partial charge in [-0.05, 0) is 17.7 Å². The second kappa shape index (κ2) is 6.73. The monoisotopic (exact) mass is 309 g/mol. The first-order valence-electron chi connectivity index (χ1n) is 5.47. The normalized spacial score (nSPS) is 13.4. The van der Waals surface area contributed by atoms with Gasteiger partial charge in [0, 0.05) is 6.54 Å². The quantitative estimate of drug-likeness (QED) is 0.677. The fraction of sp³-hybridized carbons (Fsp3) is 0.364. The Morgan fingerprint density at radius 2 is 2.00 bits per heavy atom. The molecule has 3 N–H and O–H groups in total. The lowest BCUT2D eigenvalue weighted by atomic mass is 10.1. The molecule has 9 heteroatoms. The van der Waals surface area contributed by atoms with Gasteiger partial charge in [-0.25, -0.2) is 26.7 Å². The molecular weight excluding hydrogens is 296 g/mol. The van der Waals surface area contributed by atoms with Crippen LogP contribution in [0.3, 0.4) is 0 Å². The third kappa shape index (κ3) is 5.19. The van der Waals surface area contributed by atoms with Crippen LogP contribution in [0.5, 0.6) is 0 Å². The predicted octanol–water partition coefficient (Wildman–Crippen LogP) is 0.430. The Hall–Kier alpha value is -1.58. The zero-order chi connectivity index (χ0) is 15.3. The number of carboxylic acids is 1. The van der Waals surface area contributed by atoms with Crippen molar-refractivity contribution in [3.05, 3.63) is 35.4 Å². The van der Waals surface area contributed by atoms with Crippen molar-refractivity contribution >= 4 is 16.0 Å². The smallest absolute Gasteiger partial charge is 0.335 e. The van der Waals surface area contributed by atoms with E-state index in [0.29, 0.717) is 0 Å². The molecule has 0 saturated carbocycles. The van der Waals surface area contributed by atoms with Crippen LogP contribution in [0.25, 0.3) is 0 Å². The molecule has 1 atom stereocenters. The number of halogens is 2. The third-order valence-electron chi connectivity index (χ3n) is 2.33. The Labute approximate surface area is 114 Å². The summed E-state index contributed by atoms with van der Waals surface area (Å²) in [7, 11) is -3.94. The number of benzene rings is 1. The van der Waals surface area contributed by atoms with Crippen LogP contribution in [0.1, 0.15) is 15.9 Å². The SMILES string of the molecule is O=C(O)c1cccc(CS(=O)(=O)NCC(O)C(F)F)c1. The number of sulfonamides is 1. The minimum atomic E-state index is -3.94. The molecule has 0 aromatic heterocycles. The first-order chi connectivity index (χ1) is 9.21. The summed E-state index contributed by atoms with van der Waals surface area (Å²) in [6.07, 6.45) is -5.14. The second-order valence-corrected chi connectivity index (χ2v) is 5.82. The molecule has 20 heavy (non-hydrogen) atoms. The maximum absolute atomic E-state index is 12.0. The van der Waals surface area contributed by atoms with E-state index < -0.39 is 40.8 Å². The maximum Gasteiger partial charge on any atom is 0.335 e. The first-order valence-corrected chi connectivity index (χ1v) is 7.12. The Morgan fingerprint density at radius 1 is 1.35 bits per heavy atom. The molecule has 6 nitrogen and oxygen atoms in total. The van der Waals surface area contributed by atoms with Crippen LogP contribution in [0, 0.1) is 0 Å². The van der Waals surface area contributed by atoms with Crippen molar-refractivity contribution in [2.24, 2.45) is 0 Å². The van der Waals surface area contributed by atoms with E-state index in [1.165, 1.54) is 24.3 Å². The van der Waals surface area contributed by atoms with E-state index in [4.69, 9.17) is 10.2 Å². The van der Waals surface area contributed by atoms with Gasteiger partial charge in [-0.15, -0.1) is 0 Å². The van der Waals surface area contributed by atoms with Gasteiger partial charge in [-0.1, -0.05) is 12.1 Å². The number of carbonyl (C=O) groups is 1. The average molecular weight is 309 g/mol. The largest absolute Gasteiger partial charge is 0.478 e. The zero-order valence-electron chi connectivity index (χ0n) is 10.2. The van der Waals surface area contributed by atoms with Crippen molar-refractivity contribution < 1.29 is 32.2 Å². The maximum atomic E-state index is 12.0. The molecular formula is C11H13F2NO5S. The summed E-state index contributed by atoms with van der Waals surface area (Å²) in [5.74, 6) is -1.77. The van der Waals surface area contributed by atoms with Crippen LogP contribution in [-0.4, -0.2) is 43.7 Å². The molecule has 0 saturated heterocycles. The zero-order valence-corrected chi connectivity index (χ0v) is 11.0. The van der Waals surface area contributed by atoms with Crippen LogP contribution in [0.15, 0.2) is 24.3 Å². The van der Waals surface area contributed by atoms with E-state index in [1.54, 1.807) is 0 Å². The van der Waals surface area contributed by atoms with Gasteiger partial charge in [0.2, 0.25) is 10.0 Å². The summed E-state index contributed by atoms with van der Waals surface area (Å²) in [6, 6.07) is 5.25. The van der Waals surface area contributed by atoms with Crippen molar-refractivity contribution in [1.29, 1.82) is 0 Å². The van der Waals surface area contributed by atoms with Gasteiger partial charge in [0.1, 0.15) is 6.10 Å². The first kappa shape index (κ1) is 16.5. The van der Waals surface area contributed by atoms with Gasteiger partial charge in [0.05, 0.1) is 11.3 Å². The highest BCUT2D eigenvalue weighted by Crippen LogP contribution is 2.09. The molecule has 1 aromatic rings. The molecule has 0 aliphatic heterocycles. The van der Waals surface area contributed by atoms with E-state index in [1.807, 2.05) is 4.72 Å². The summed E-state index contributed by atoms with van der Waals surface area (Å²) < 4.78 is 49.1. The molecule has 1 unspecified atom stereocenters. The van der Waals surface area contributed by atoms with E-state index in [-0.39, 0.29) is 11.1 Å². The molecule has 1 rings (SSSR count). The average Bonchev–Trinajstić information content (AvgIpc) is 2.35. The van der Waals surface area contributed by atoms with Gasteiger partial charge in [-0.2, -0.15) is 0 Å². The highest BCUT2D eigenvalue weighted by Gasteiger charge is 2.20. The topological polar surface area (TPSA) is 104 Å². The van der Waals surface area contributed by atoms with E-state index in [0.717, 1.165) is 0 Å². The number of aliphatic hydroxyl groups excluding tert-OH is 1. The molecule has 0 radical (unpaired) electrons. The van der Waals surface area contributed by atoms with Crippen LogP contribution < -0.4 is 4.72 Å². The summed E-state index contributed by atoms with van der Waals surface area (Å²) >= 11 is 0. The Bertz CT molecular complexity index is 576. The molecule has 0 fully saturated rings. The molecule has 0 aliphatic rings. The van der Waals surface area contributed by atoms with Crippen molar-refractivity contribution in [3.63, 3.8) is 0 Å². The number of alkyl halides is 2. The van der Waals surface area contributed by atoms with Crippen molar-refractivity contribution in [3.8, 4) is 0 Å². The molecule has 0 heterocycles. The number of hydrogen-bond donors (Lipinski definition) is 3. The van der Waals surface area contributed by atoms with E-state index >= 15 is 0 Å². The third-order valence-corrected chi connectivity index (χ3v) is 3.65. The predicted molar refractivity (Wildman–Crippen MR) is 66.0 cm³/mol. The molecule has 1 aromatic carbocycles. The summed E-state index contributed by atoms with van der Waals surface area (Å²) in [5.41, 5.74) is 0.120. The fourth-order valence-corrected chi connectivity index (χ4v) is 2.51. The molecule has 0 aliphatic carbocycles. The van der Waals surface area contributed by atoms with Crippen molar-refractivity contribution in [2.75, 3.05) is 6.54 Å². The lowest BCUT2D eigenvalue weighted by Gasteiger charge is -2.11.